The van der Waals surface area contributed by atoms with Gasteiger partial charge in [0.1, 0.15) is 11.7 Å². The molecule has 2 unspecified atom stereocenters. The molecule has 1 heterocycles. The fraction of sp³-hybridized carbons (Fsp3) is 0.778. The van der Waals surface area contributed by atoms with Crippen LogP contribution in [0.5, 0.6) is 0 Å². The molecule has 0 aromatic heterocycles. The molecule has 1 saturated heterocycles. The zero-order valence-electron chi connectivity index (χ0n) is 7.25. The molecule has 1 aliphatic rings. The van der Waals surface area contributed by atoms with Gasteiger partial charge in [-0.15, -0.1) is 6.42 Å². The predicted molar refractivity (Wildman–Crippen MR) is 44.6 cm³/mol. The number of aliphatic hydroxyl groups excluding tert-OH is 1. The summed E-state index contributed by atoms with van der Waals surface area (Å²) >= 11 is 0. The summed E-state index contributed by atoms with van der Waals surface area (Å²) in [5.74, 6) is 2.28. The molecule has 68 valence electrons. The van der Waals surface area contributed by atoms with Crippen LogP contribution < -0.4 is 0 Å². The van der Waals surface area contributed by atoms with Crippen molar-refractivity contribution in [2.75, 3.05) is 19.8 Å². The summed E-state index contributed by atoms with van der Waals surface area (Å²) in [5.41, 5.74) is -0.649. The molecule has 0 amide bonds. The lowest BCUT2D eigenvalue weighted by Gasteiger charge is -2.29. The summed E-state index contributed by atoms with van der Waals surface area (Å²) in [5, 5.41) is 9.50. The summed E-state index contributed by atoms with van der Waals surface area (Å²) in [6.07, 6.45) is 4.94. The van der Waals surface area contributed by atoms with Crippen LogP contribution in [0.15, 0.2) is 0 Å². The van der Waals surface area contributed by atoms with Crippen molar-refractivity contribution in [1.82, 2.24) is 0 Å². The average Bonchev–Trinajstić information content (AvgIpc) is 2.53. The molecule has 1 aliphatic heterocycles. The summed E-state index contributed by atoms with van der Waals surface area (Å²) < 4.78 is 10.6. The van der Waals surface area contributed by atoms with Gasteiger partial charge in [0.15, 0.2) is 0 Å². The van der Waals surface area contributed by atoms with Crippen LogP contribution in [0.3, 0.4) is 0 Å². The van der Waals surface area contributed by atoms with E-state index in [0.717, 1.165) is 0 Å². The van der Waals surface area contributed by atoms with Gasteiger partial charge in [-0.3, -0.25) is 0 Å². The molecular formula is C9H14O3. The smallest absolute Gasteiger partial charge is 0.145 e. The quantitative estimate of drug-likeness (QED) is 0.614. The molecule has 2 atom stereocenters. The third-order valence-electron chi connectivity index (χ3n) is 2.10. The second-order valence-corrected chi connectivity index (χ2v) is 2.87. The lowest BCUT2D eigenvalue weighted by Crippen LogP contribution is -2.44. The third-order valence-corrected chi connectivity index (χ3v) is 2.10. The number of terminal acetylenes is 1. The van der Waals surface area contributed by atoms with E-state index in [0.29, 0.717) is 26.2 Å². The van der Waals surface area contributed by atoms with E-state index in [1.807, 2.05) is 6.92 Å². The average molecular weight is 170 g/mol. The number of rotatable bonds is 3. The number of ether oxygens (including phenoxy) is 2. The Morgan fingerprint density at radius 3 is 3.00 bits per heavy atom. The Morgan fingerprint density at radius 1 is 1.83 bits per heavy atom. The fourth-order valence-electron chi connectivity index (χ4n) is 1.41. The van der Waals surface area contributed by atoms with E-state index in [1.165, 1.54) is 0 Å². The molecule has 0 aromatic rings. The van der Waals surface area contributed by atoms with Crippen molar-refractivity contribution < 1.29 is 14.6 Å². The van der Waals surface area contributed by atoms with Gasteiger partial charge >= 0.3 is 0 Å². The van der Waals surface area contributed by atoms with Gasteiger partial charge in [0, 0.05) is 19.6 Å². The van der Waals surface area contributed by atoms with E-state index < -0.39 is 11.7 Å². The molecule has 1 rings (SSSR count). The summed E-state index contributed by atoms with van der Waals surface area (Å²) in [6.45, 7) is 3.43. The highest BCUT2D eigenvalue weighted by molar-refractivity contribution is 5.07. The zero-order valence-corrected chi connectivity index (χ0v) is 7.25. The molecule has 3 heteroatoms. The van der Waals surface area contributed by atoms with E-state index in [2.05, 4.69) is 5.92 Å². The first-order valence-electron chi connectivity index (χ1n) is 4.11. The predicted octanol–water partition coefficient (Wildman–Crippen LogP) is 0.176. The van der Waals surface area contributed by atoms with Gasteiger partial charge in [0.05, 0.1) is 6.61 Å². The maximum absolute atomic E-state index is 9.50. The molecule has 1 N–H and O–H groups in total. The van der Waals surface area contributed by atoms with Crippen molar-refractivity contribution in [3.63, 3.8) is 0 Å². The van der Waals surface area contributed by atoms with Crippen molar-refractivity contribution in [3.05, 3.63) is 0 Å². The van der Waals surface area contributed by atoms with Crippen LogP contribution in [0, 0.1) is 12.3 Å². The summed E-state index contributed by atoms with van der Waals surface area (Å²) in [6, 6.07) is 0. The molecule has 0 bridgehead atoms. The van der Waals surface area contributed by atoms with Crippen LogP contribution in [0.1, 0.15) is 13.3 Å². The molecule has 0 aliphatic carbocycles. The van der Waals surface area contributed by atoms with E-state index in [4.69, 9.17) is 15.9 Å². The highest BCUT2D eigenvalue weighted by Gasteiger charge is 2.41. The maximum Gasteiger partial charge on any atom is 0.145 e. The minimum Gasteiger partial charge on any atom is -0.378 e. The molecular weight excluding hydrogens is 156 g/mol. The highest BCUT2D eigenvalue weighted by atomic mass is 16.6. The first kappa shape index (κ1) is 9.53. The normalized spacial score (nSPS) is 31.4. The molecule has 0 saturated carbocycles. The molecule has 0 aromatic carbocycles. The van der Waals surface area contributed by atoms with Crippen LogP contribution in [0.4, 0.5) is 0 Å². The lowest BCUT2D eigenvalue weighted by molar-refractivity contribution is -0.0999. The Balaban J connectivity index is 2.65. The topological polar surface area (TPSA) is 38.7 Å². The Morgan fingerprint density at radius 2 is 2.58 bits per heavy atom. The zero-order chi connectivity index (χ0) is 9.03. The van der Waals surface area contributed by atoms with Crippen molar-refractivity contribution in [2.24, 2.45) is 0 Å². The molecule has 0 radical (unpaired) electrons. The number of aliphatic hydroxyl groups is 1. The van der Waals surface area contributed by atoms with Crippen molar-refractivity contribution >= 4 is 0 Å². The van der Waals surface area contributed by atoms with Gasteiger partial charge in [-0.05, 0) is 6.92 Å². The van der Waals surface area contributed by atoms with E-state index in [1.54, 1.807) is 0 Å². The van der Waals surface area contributed by atoms with Gasteiger partial charge in [0.25, 0.3) is 0 Å². The van der Waals surface area contributed by atoms with Gasteiger partial charge < -0.3 is 14.6 Å². The van der Waals surface area contributed by atoms with Crippen LogP contribution in [-0.4, -0.2) is 36.6 Å². The van der Waals surface area contributed by atoms with Gasteiger partial charge in [-0.25, -0.2) is 0 Å². The minimum absolute atomic E-state index is 0.395. The van der Waals surface area contributed by atoms with Gasteiger partial charge in [0.2, 0.25) is 0 Å². The fourth-order valence-corrected chi connectivity index (χ4v) is 1.41. The Kier molecular flexibility index (Phi) is 3.10. The monoisotopic (exact) mass is 170 g/mol. The molecule has 12 heavy (non-hydrogen) atoms. The van der Waals surface area contributed by atoms with Crippen LogP contribution in [-0.2, 0) is 9.47 Å². The van der Waals surface area contributed by atoms with E-state index in [-0.39, 0.29) is 0 Å². The van der Waals surface area contributed by atoms with Crippen molar-refractivity contribution in [1.29, 1.82) is 0 Å². The van der Waals surface area contributed by atoms with Crippen LogP contribution in [0.25, 0.3) is 0 Å². The molecule has 1 fully saturated rings. The van der Waals surface area contributed by atoms with Crippen LogP contribution in [0.2, 0.25) is 0 Å². The van der Waals surface area contributed by atoms with Gasteiger partial charge in [-0.2, -0.15) is 0 Å². The summed E-state index contributed by atoms with van der Waals surface area (Å²) in [7, 11) is 0. The molecule has 0 spiro atoms. The second kappa shape index (κ2) is 3.90. The Hall–Kier alpha value is -0.560. The number of hydrogen-bond donors (Lipinski definition) is 1. The Bertz CT molecular complexity index is 177. The largest absolute Gasteiger partial charge is 0.378 e. The van der Waals surface area contributed by atoms with Crippen molar-refractivity contribution in [3.8, 4) is 12.3 Å². The minimum atomic E-state index is -0.861. The standard InChI is InChI=1S/C9H14O3/c1-3-8(10)9(12-4-2)5-6-11-7-9/h1,8,10H,4-7H2,2H3. The summed E-state index contributed by atoms with van der Waals surface area (Å²) in [4.78, 5) is 0. The lowest BCUT2D eigenvalue weighted by atomic mass is 9.96. The third kappa shape index (κ3) is 1.61. The van der Waals surface area contributed by atoms with E-state index >= 15 is 0 Å². The maximum atomic E-state index is 9.50. The van der Waals surface area contributed by atoms with Crippen molar-refractivity contribution in [2.45, 2.75) is 25.0 Å². The van der Waals surface area contributed by atoms with Crippen LogP contribution >= 0.6 is 0 Å². The SMILES string of the molecule is C#CC(O)C1(OCC)CCOC1. The molecule has 3 nitrogen and oxygen atoms in total. The first-order valence-corrected chi connectivity index (χ1v) is 4.11. The van der Waals surface area contributed by atoms with Gasteiger partial charge in [-0.1, -0.05) is 5.92 Å². The van der Waals surface area contributed by atoms with E-state index in [9.17, 15) is 5.11 Å². The first-order chi connectivity index (χ1) is 5.75. The Labute approximate surface area is 72.7 Å². The number of hydrogen-bond acceptors (Lipinski definition) is 3. The highest BCUT2D eigenvalue weighted by Crippen LogP contribution is 2.26. The second-order valence-electron chi connectivity index (χ2n) is 2.87.